The summed E-state index contributed by atoms with van der Waals surface area (Å²) in [4.78, 5) is 0. The Bertz CT molecular complexity index is 398. The van der Waals surface area contributed by atoms with Gasteiger partial charge in [-0.2, -0.15) is 0 Å². The molecule has 0 atom stereocenters. The number of hydrogen-bond donors (Lipinski definition) is 1. The molecule has 0 saturated heterocycles. The van der Waals surface area contributed by atoms with Crippen molar-refractivity contribution in [3.8, 4) is 11.5 Å². The lowest BCUT2D eigenvalue weighted by molar-refractivity contribution is 0.283. The quantitative estimate of drug-likeness (QED) is 0.635. The SMILES string of the molecule is COc1cc(C)ccc1OCCNC1CCCCCC1. The summed E-state index contributed by atoms with van der Waals surface area (Å²) in [6, 6.07) is 6.73. The molecule has 0 unspecified atom stereocenters. The third-order valence-corrected chi connectivity index (χ3v) is 3.97. The van der Waals surface area contributed by atoms with Crippen molar-refractivity contribution < 1.29 is 9.47 Å². The predicted molar refractivity (Wildman–Crippen MR) is 82.7 cm³/mol. The second kappa shape index (κ2) is 8.15. The maximum atomic E-state index is 5.82. The summed E-state index contributed by atoms with van der Waals surface area (Å²) in [6.07, 6.45) is 8.15. The van der Waals surface area contributed by atoms with Crippen LogP contribution in [0.15, 0.2) is 18.2 Å². The first-order valence-corrected chi connectivity index (χ1v) is 7.80. The standard InChI is InChI=1S/C17H27NO2/c1-14-9-10-16(17(13-14)19-2)20-12-11-18-15-7-5-3-4-6-8-15/h9-10,13,15,18H,3-8,11-12H2,1-2H3. The highest BCUT2D eigenvalue weighted by molar-refractivity contribution is 5.42. The first-order valence-electron chi connectivity index (χ1n) is 7.80. The second-order valence-corrected chi connectivity index (χ2v) is 5.65. The molecule has 20 heavy (non-hydrogen) atoms. The van der Waals surface area contributed by atoms with Crippen LogP contribution in [0.3, 0.4) is 0 Å². The van der Waals surface area contributed by atoms with Gasteiger partial charge in [0.1, 0.15) is 6.61 Å². The van der Waals surface area contributed by atoms with E-state index in [0.29, 0.717) is 12.6 Å². The van der Waals surface area contributed by atoms with E-state index in [9.17, 15) is 0 Å². The van der Waals surface area contributed by atoms with E-state index in [4.69, 9.17) is 9.47 Å². The fourth-order valence-corrected chi connectivity index (χ4v) is 2.80. The van der Waals surface area contributed by atoms with Gasteiger partial charge in [-0.1, -0.05) is 31.7 Å². The molecule has 112 valence electrons. The molecule has 1 aromatic carbocycles. The third-order valence-electron chi connectivity index (χ3n) is 3.97. The molecule has 0 heterocycles. The number of nitrogens with one attached hydrogen (secondary N) is 1. The zero-order valence-corrected chi connectivity index (χ0v) is 12.8. The van der Waals surface area contributed by atoms with Crippen molar-refractivity contribution in [1.29, 1.82) is 0 Å². The van der Waals surface area contributed by atoms with Gasteiger partial charge in [-0.05, 0) is 37.5 Å². The van der Waals surface area contributed by atoms with E-state index in [1.165, 1.54) is 44.1 Å². The molecule has 3 nitrogen and oxygen atoms in total. The van der Waals surface area contributed by atoms with Crippen molar-refractivity contribution >= 4 is 0 Å². The Hall–Kier alpha value is -1.22. The number of methoxy groups -OCH3 is 1. The van der Waals surface area contributed by atoms with E-state index < -0.39 is 0 Å². The van der Waals surface area contributed by atoms with Gasteiger partial charge < -0.3 is 14.8 Å². The Morgan fingerprint density at radius 2 is 1.85 bits per heavy atom. The van der Waals surface area contributed by atoms with Crippen LogP contribution in [0, 0.1) is 6.92 Å². The zero-order valence-electron chi connectivity index (χ0n) is 12.8. The Morgan fingerprint density at radius 1 is 1.10 bits per heavy atom. The number of rotatable bonds is 6. The van der Waals surface area contributed by atoms with Crippen molar-refractivity contribution in [1.82, 2.24) is 5.32 Å². The number of hydrogen-bond acceptors (Lipinski definition) is 3. The molecule has 0 aliphatic heterocycles. The second-order valence-electron chi connectivity index (χ2n) is 5.65. The maximum absolute atomic E-state index is 5.82. The lowest BCUT2D eigenvalue weighted by Gasteiger charge is -2.17. The summed E-state index contributed by atoms with van der Waals surface area (Å²) in [5, 5.41) is 3.61. The van der Waals surface area contributed by atoms with Gasteiger partial charge in [0.2, 0.25) is 0 Å². The average Bonchev–Trinajstić information content (AvgIpc) is 2.73. The summed E-state index contributed by atoms with van der Waals surface area (Å²) in [5.74, 6) is 1.65. The summed E-state index contributed by atoms with van der Waals surface area (Å²) in [7, 11) is 1.69. The number of ether oxygens (including phenoxy) is 2. The largest absolute Gasteiger partial charge is 0.493 e. The van der Waals surface area contributed by atoms with E-state index in [0.717, 1.165) is 18.0 Å². The molecule has 1 aromatic rings. The Kier molecular flexibility index (Phi) is 6.19. The van der Waals surface area contributed by atoms with Crippen LogP contribution in [0.1, 0.15) is 44.1 Å². The molecule has 2 rings (SSSR count). The topological polar surface area (TPSA) is 30.5 Å². The fraction of sp³-hybridized carbons (Fsp3) is 0.647. The van der Waals surface area contributed by atoms with E-state index in [1.807, 2.05) is 12.1 Å². The van der Waals surface area contributed by atoms with Gasteiger partial charge >= 0.3 is 0 Å². The van der Waals surface area contributed by atoms with E-state index in [-0.39, 0.29) is 0 Å². The number of aryl methyl sites for hydroxylation is 1. The van der Waals surface area contributed by atoms with E-state index >= 15 is 0 Å². The van der Waals surface area contributed by atoms with Crippen LogP contribution >= 0.6 is 0 Å². The molecule has 1 N–H and O–H groups in total. The lowest BCUT2D eigenvalue weighted by atomic mass is 10.1. The van der Waals surface area contributed by atoms with Crippen LogP contribution < -0.4 is 14.8 Å². The highest BCUT2D eigenvalue weighted by atomic mass is 16.5. The normalized spacial score (nSPS) is 16.7. The Balaban J connectivity index is 1.72. The summed E-state index contributed by atoms with van der Waals surface area (Å²) >= 11 is 0. The Labute approximate surface area is 122 Å². The van der Waals surface area contributed by atoms with Crippen LogP contribution in [-0.4, -0.2) is 26.3 Å². The minimum absolute atomic E-state index is 0.681. The van der Waals surface area contributed by atoms with Crippen LogP contribution in [0.25, 0.3) is 0 Å². The van der Waals surface area contributed by atoms with Gasteiger partial charge in [-0.25, -0.2) is 0 Å². The zero-order chi connectivity index (χ0) is 14.2. The van der Waals surface area contributed by atoms with Gasteiger partial charge in [0.05, 0.1) is 7.11 Å². The monoisotopic (exact) mass is 277 g/mol. The minimum atomic E-state index is 0.681. The van der Waals surface area contributed by atoms with Crippen molar-refractivity contribution in [2.45, 2.75) is 51.5 Å². The summed E-state index contributed by atoms with van der Waals surface area (Å²) in [6.45, 7) is 3.65. The van der Waals surface area contributed by atoms with Gasteiger partial charge in [-0.3, -0.25) is 0 Å². The molecule has 1 aliphatic rings. The first kappa shape index (κ1) is 15.2. The third kappa shape index (κ3) is 4.71. The predicted octanol–water partition coefficient (Wildman–Crippen LogP) is 3.69. The van der Waals surface area contributed by atoms with Crippen LogP contribution in [0.2, 0.25) is 0 Å². The van der Waals surface area contributed by atoms with Crippen molar-refractivity contribution in [2.24, 2.45) is 0 Å². The van der Waals surface area contributed by atoms with Gasteiger partial charge in [0, 0.05) is 12.6 Å². The lowest BCUT2D eigenvalue weighted by Crippen LogP contribution is -2.32. The summed E-state index contributed by atoms with van der Waals surface area (Å²) in [5.41, 5.74) is 1.19. The Morgan fingerprint density at radius 3 is 2.55 bits per heavy atom. The molecular formula is C17H27NO2. The molecular weight excluding hydrogens is 250 g/mol. The van der Waals surface area contributed by atoms with Crippen LogP contribution in [0.4, 0.5) is 0 Å². The van der Waals surface area contributed by atoms with Crippen molar-refractivity contribution in [2.75, 3.05) is 20.3 Å². The summed E-state index contributed by atoms with van der Waals surface area (Å²) < 4.78 is 11.2. The molecule has 0 amide bonds. The van der Waals surface area contributed by atoms with Crippen LogP contribution in [0.5, 0.6) is 11.5 Å². The van der Waals surface area contributed by atoms with Gasteiger partial charge in [-0.15, -0.1) is 0 Å². The van der Waals surface area contributed by atoms with Crippen molar-refractivity contribution in [3.05, 3.63) is 23.8 Å². The molecule has 1 aliphatic carbocycles. The molecule has 1 saturated carbocycles. The molecule has 3 heteroatoms. The molecule has 0 radical (unpaired) electrons. The van der Waals surface area contributed by atoms with Gasteiger partial charge in [0.25, 0.3) is 0 Å². The smallest absolute Gasteiger partial charge is 0.161 e. The average molecular weight is 277 g/mol. The van der Waals surface area contributed by atoms with Crippen molar-refractivity contribution in [3.63, 3.8) is 0 Å². The highest BCUT2D eigenvalue weighted by Gasteiger charge is 2.11. The molecule has 0 bridgehead atoms. The first-order chi connectivity index (χ1) is 9.79. The molecule has 0 aromatic heterocycles. The van der Waals surface area contributed by atoms with Crippen LogP contribution in [-0.2, 0) is 0 Å². The minimum Gasteiger partial charge on any atom is -0.493 e. The highest BCUT2D eigenvalue weighted by Crippen LogP contribution is 2.27. The fourth-order valence-electron chi connectivity index (χ4n) is 2.80. The van der Waals surface area contributed by atoms with Gasteiger partial charge in [0.15, 0.2) is 11.5 Å². The van der Waals surface area contributed by atoms with E-state index in [1.54, 1.807) is 7.11 Å². The van der Waals surface area contributed by atoms with E-state index in [2.05, 4.69) is 18.3 Å². The maximum Gasteiger partial charge on any atom is 0.161 e. The number of benzene rings is 1. The molecule has 1 fully saturated rings. The molecule has 0 spiro atoms.